The predicted octanol–water partition coefficient (Wildman–Crippen LogP) is 0.457. The summed E-state index contributed by atoms with van der Waals surface area (Å²) in [7, 11) is 1.66. The van der Waals surface area contributed by atoms with E-state index in [2.05, 4.69) is 10.2 Å². The molecule has 3 aliphatic rings. The van der Waals surface area contributed by atoms with E-state index in [-0.39, 0.29) is 5.91 Å². The smallest absolute Gasteiger partial charge is 0.275 e. The molecule has 0 aliphatic carbocycles. The van der Waals surface area contributed by atoms with E-state index >= 15 is 0 Å². The molecular formula is C16H24N3O2+. The Morgan fingerprint density at radius 3 is 2.57 bits per heavy atom. The fourth-order valence-electron chi connectivity index (χ4n) is 3.37. The zero-order valence-corrected chi connectivity index (χ0v) is 12.7. The lowest BCUT2D eigenvalue weighted by Crippen LogP contribution is -2.69. The third-order valence-corrected chi connectivity index (χ3v) is 4.82. The molecule has 0 atom stereocenters. The van der Waals surface area contributed by atoms with E-state index < -0.39 is 0 Å². The van der Waals surface area contributed by atoms with Crippen LogP contribution >= 0.6 is 0 Å². The van der Waals surface area contributed by atoms with Crippen LogP contribution in [0.25, 0.3) is 0 Å². The first-order valence-electron chi connectivity index (χ1n) is 7.67. The Hall–Kier alpha value is -1.59. The highest BCUT2D eigenvalue weighted by Gasteiger charge is 2.39. The van der Waals surface area contributed by atoms with Gasteiger partial charge in [0, 0.05) is 31.7 Å². The molecule has 3 fully saturated rings. The molecule has 2 bridgehead atoms. The SMILES string of the molecule is COc1ccccc1CNC(=O)C[N+]12CCN(CC1)CC2. The number of hydrogen-bond donors (Lipinski definition) is 1. The van der Waals surface area contributed by atoms with Gasteiger partial charge in [0.2, 0.25) is 0 Å². The number of piperazine rings is 3. The highest BCUT2D eigenvalue weighted by atomic mass is 16.5. The Bertz CT molecular complexity index is 496. The Morgan fingerprint density at radius 1 is 1.24 bits per heavy atom. The summed E-state index contributed by atoms with van der Waals surface area (Å²) in [6.07, 6.45) is 0. The molecule has 0 radical (unpaired) electrons. The van der Waals surface area contributed by atoms with Crippen LogP contribution in [0.2, 0.25) is 0 Å². The summed E-state index contributed by atoms with van der Waals surface area (Å²) in [6, 6.07) is 7.82. The van der Waals surface area contributed by atoms with Crippen LogP contribution in [-0.2, 0) is 11.3 Å². The molecule has 0 unspecified atom stereocenters. The lowest BCUT2D eigenvalue weighted by Gasteiger charge is -2.50. The van der Waals surface area contributed by atoms with Crippen molar-refractivity contribution in [2.75, 3.05) is 52.9 Å². The number of methoxy groups -OCH3 is 1. The normalized spacial score (nSPS) is 27.4. The highest BCUT2D eigenvalue weighted by Crippen LogP contribution is 2.19. The molecule has 5 heteroatoms. The number of carbonyl (C=O) groups excluding carboxylic acids is 1. The van der Waals surface area contributed by atoms with Crippen LogP contribution < -0.4 is 10.1 Å². The molecule has 0 aromatic heterocycles. The fourth-order valence-corrected chi connectivity index (χ4v) is 3.37. The monoisotopic (exact) mass is 290 g/mol. The number of amides is 1. The molecule has 1 aromatic rings. The van der Waals surface area contributed by atoms with Crippen molar-refractivity contribution in [3.63, 3.8) is 0 Å². The van der Waals surface area contributed by atoms with Gasteiger partial charge in [-0.3, -0.25) is 9.69 Å². The average Bonchev–Trinajstić information content (AvgIpc) is 2.54. The number of quaternary nitrogens is 1. The van der Waals surface area contributed by atoms with Crippen molar-refractivity contribution in [2.45, 2.75) is 6.54 Å². The molecule has 21 heavy (non-hydrogen) atoms. The van der Waals surface area contributed by atoms with Gasteiger partial charge in [-0.05, 0) is 6.07 Å². The van der Waals surface area contributed by atoms with Crippen molar-refractivity contribution in [1.82, 2.24) is 10.2 Å². The zero-order chi connectivity index (χ0) is 14.7. The number of carbonyl (C=O) groups is 1. The van der Waals surface area contributed by atoms with Crippen molar-refractivity contribution >= 4 is 5.91 Å². The van der Waals surface area contributed by atoms with E-state index in [1.54, 1.807) is 7.11 Å². The number of fused-ring (bicyclic) bond motifs is 3. The first kappa shape index (κ1) is 14.4. The minimum absolute atomic E-state index is 0.149. The maximum atomic E-state index is 12.3. The van der Waals surface area contributed by atoms with E-state index in [4.69, 9.17) is 4.74 Å². The average molecular weight is 290 g/mol. The summed E-state index contributed by atoms with van der Waals surface area (Å²) >= 11 is 0. The van der Waals surface area contributed by atoms with Gasteiger partial charge in [-0.1, -0.05) is 18.2 Å². The molecule has 114 valence electrons. The first-order valence-corrected chi connectivity index (χ1v) is 7.67. The number of para-hydroxylation sites is 1. The van der Waals surface area contributed by atoms with Gasteiger partial charge in [-0.15, -0.1) is 0 Å². The molecule has 3 heterocycles. The minimum atomic E-state index is 0.149. The summed E-state index contributed by atoms with van der Waals surface area (Å²) in [5.41, 5.74) is 1.02. The van der Waals surface area contributed by atoms with E-state index in [0.717, 1.165) is 55.1 Å². The summed E-state index contributed by atoms with van der Waals surface area (Å²) in [5.74, 6) is 0.979. The third-order valence-electron chi connectivity index (χ3n) is 4.82. The second kappa shape index (κ2) is 6.03. The largest absolute Gasteiger partial charge is 0.496 e. The molecule has 4 rings (SSSR count). The van der Waals surface area contributed by atoms with E-state index in [1.165, 1.54) is 0 Å². The first-order chi connectivity index (χ1) is 10.2. The quantitative estimate of drug-likeness (QED) is 0.801. The van der Waals surface area contributed by atoms with Crippen LogP contribution in [0.15, 0.2) is 24.3 Å². The van der Waals surface area contributed by atoms with Gasteiger partial charge in [-0.2, -0.15) is 0 Å². The molecule has 0 saturated carbocycles. The van der Waals surface area contributed by atoms with Crippen LogP contribution in [0, 0.1) is 0 Å². The van der Waals surface area contributed by atoms with Gasteiger partial charge < -0.3 is 14.5 Å². The second-order valence-corrected chi connectivity index (χ2v) is 6.10. The Balaban J connectivity index is 1.54. The maximum absolute atomic E-state index is 12.3. The number of ether oxygens (including phenoxy) is 1. The molecule has 1 amide bonds. The maximum Gasteiger partial charge on any atom is 0.275 e. The van der Waals surface area contributed by atoms with Gasteiger partial charge in [0.05, 0.1) is 26.7 Å². The van der Waals surface area contributed by atoms with Crippen LogP contribution in [0.4, 0.5) is 0 Å². The minimum Gasteiger partial charge on any atom is -0.496 e. The summed E-state index contributed by atoms with van der Waals surface area (Å²) in [6.45, 7) is 7.91. The van der Waals surface area contributed by atoms with Crippen LogP contribution in [-0.4, -0.2) is 68.2 Å². The van der Waals surface area contributed by atoms with E-state index in [1.807, 2.05) is 24.3 Å². The number of hydrogen-bond acceptors (Lipinski definition) is 3. The van der Waals surface area contributed by atoms with Crippen LogP contribution in [0.1, 0.15) is 5.56 Å². The van der Waals surface area contributed by atoms with E-state index in [9.17, 15) is 4.79 Å². The van der Waals surface area contributed by atoms with Crippen molar-refractivity contribution in [2.24, 2.45) is 0 Å². The Kier molecular flexibility index (Phi) is 4.12. The van der Waals surface area contributed by atoms with Gasteiger partial charge in [0.25, 0.3) is 5.91 Å². The van der Waals surface area contributed by atoms with Crippen molar-refractivity contribution in [3.8, 4) is 5.75 Å². The van der Waals surface area contributed by atoms with Gasteiger partial charge in [0.15, 0.2) is 6.54 Å². The molecule has 3 aliphatic heterocycles. The summed E-state index contributed by atoms with van der Waals surface area (Å²) in [5, 5.41) is 3.05. The molecule has 5 nitrogen and oxygen atoms in total. The third kappa shape index (κ3) is 3.19. The van der Waals surface area contributed by atoms with Crippen molar-refractivity contribution in [1.29, 1.82) is 0 Å². The molecule has 3 saturated heterocycles. The number of benzene rings is 1. The molecular weight excluding hydrogens is 266 g/mol. The Labute approximate surface area is 126 Å². The van der Waals surface area contributed by atoms with Crippen molar-refractivity contribution in [3.05, 3.63) is 29.8 Å². The zero-order valence-electron chi connectivity index (χ0n) is 12.7. The fraction of sp³-hybridized carbons (Fsp3) is 0.562. The topological polar surface area (TPSA) is 41.6 Å². The molecule has 0 spiro atoms. The standard InChI is InChI=1S/C16H23N3O2/c1-21-15-5-3-2-4-14(15)12-17-16(20)13-19-9-6-18(7-10-19)8-11-19/h2-5H,6-13H2,1H3/p+1. The number of nitrogens with one attached hydrogen (secondary N) is 1. The van der Waals surface area contributed by atoms with Gasteiger partial charge in [0.1, 0.15) is 5.75 Å². The molecule has 1 N–H and O–H groups in total. The summed E-state index contributed by atoms with van der Waals surface area (Å²) in [4.78, 5) is 14.8. The number of rotatable bonds is 5. The van der Waals surface area contributed by atoms with Crippen LogP contribution in [0.3, 0.4) is 0 Å². The lowest BCUT2D eigenvalue weighted by atomic mass is 10.1. The Morgan fingerprint density at radius 2 is 1.90 bits per heavy atom. The lowest BCUT2D eigenvalue weighted by molar-refractivity contribution is -0.933. The second-order valence-electron chi connectivity index (χ2n) is 6.10. The number of nitrogens with zero attached hydrogens (tertiary/aromatic N) is 2. The predicted molar refractivity (Wildman–Crippen MR) is 81.0 cm³/mol. The molecule has 1 aromatic carbocycles. The van der Waals surface area contributed by atoms with Crippen molar-refractivity contribution < 1.29 is 14.0 Å². The highest BCUT2D eigenvalue weighted by molar-refractivity contribution is 5.77. The summed E-state index contributed by atoms with van der Waals surface area (Å²) < 4.78 is 6.28. The van der Waals surface area contributed by atoms with Gasteiger partial charge >= 0.3 is 0 Å². The van der Waals surface area contributed by atoms with E-state index in [0.29, 0.717) is 13.1 Å². The van der Waals surface area contributed by atoms with Gasteiger partial charge in [-0.25, -0.2) is 0 Å². The van der Waals surface area contributed by atoms with Crippen LogP contribution in [0.5, 0.6) is 5.75 Å².